The molecule has 0 saturated heterocycles. The second-order valence-electron chi connectivity index (χ2n) is 7.29. The third-order valence-corrected chi connectivity index (χ3v) is 6.46. The molecule has 1 atom stereocenters. The first-order valence-electron chi connectivity index (χ1n) is 9.42. The maximum atomic E-state index is 13.9. The Morgan fingerprint density at radius 3 is 2.74 bits per heavy atom. The molecule has 3 heterocycles. The fraction of sp³-hybridized carbons (Fsp3) is 0.238. The van der Waals surface area contributed by atoms with E-state index < -0.39 is 27.7 Å². The van der Waals surface area contributed by atoms with E-state index in [4.69, 9.17) is 4.74 Å². The lowest BCUT2D eigenvalue weighted by Crippen LogP contribution is -2.34. The molecule has 0 aliphatic carbocycles. The molecule has 2 aromatic heterocycles. The number of carboxylic acid groups (broad SMARTS) is 1. The summed E-state index contributed by atoms with van der Waals surface area (Å²) in [4.78, 5) is 19.2. The number of aliphatic carboxylic acids is 1. The van der Waals surface area contributed by atoms with Crippen LogP contribution in [0.5, 0.6) is 5.75 Å². The zero-order chi connectivity index (χ0) is 22.3. The minimum absolute atomic E-state index is 0.0868. The SMILES string of the molecule is COc1ccc(F)cc1-c1ccnc2[nH]c(C3=CN(S(C)(=O)=O)CCC3C(=O)O)cc12. The average Bonchev–Trinajstić information content (AvgIpc) is 3.17. The summed E-state index contributed by atoms with van der Waals surface area (Å²) < 4.78 is 44.5. The Balaban J connectivity index is 1.90. The molecule has 10 heteroatoms. The molecule has 3 aromatic rings. The van der Waals surface area contributed by atoms with Crippen LogP contribution in [0.15, 0.2) is 42.7 Å². The highest BCUT2D eigenvalue weighted by Gasteiger charge is 2.32. The summed E-state index contributed by atoms with van der Waals surface area (Å²) in [6, 6.07) is 7.59. The van der Waals surface area contributed by atoms with E-state index in [0.717, 1.165) is 10.6 Å². The average molecular weight is 445 g/mol. The number of pyridine rings is 1. The number of carbonyl (C=O) groups is 1. The van der Waals surface area contributed by atoms with Gasteiger partial charge in [-0.15, -0.1) is 0 Å². The smallest absolute Gasteiger partial charge is 0.311 e. The molecule has 1 unspecified atom stereocenters. The first-order valence-corrected chi connectivity index (χ1v) is 11.3. The minimum Gasteiger partial charge on any atom is -0.496 e. The summed E-state index contributed by atoms with van der Waals surface area (Å²) in [6.45, 7) is 0.0868. The van der Waals surface area contributed by atoms with Crippen molar-refractivity contribution >= 4 is 32.6 Å². The first-order chi connectivity index (χ1) is 14.7. The van der Waals surface area contributed by atoms with Crippen LogP contribution >= 0.6 is 0 Å². The van der Waals surface area contributed by atoms with Crippen LogP contribution in [0.1, 0.15) is 12.1 Å². The number of sulfonamides is 1. The van der Waals surface area contributed by atoms with Crippen molar-refractivity contribution in [2.75, 3.05) is 19.9 Å². The number of hydrogen-bond donors (Lipinski definition) is 2. The largest absolute Gasteiger partial charge is 0.496 e. The van der Waals surface area contributed by atoms with Gasteiger partial charge in [0.2, 0.25) is 10.0 Å². The number of nitrogens with zero attached hydrogens (tertiary/aromatic N) is 2. The van der Waals surface area contributed by atoms with Crippen molar-refractivity contribution in [2.45, 2.75) is 6.42 Å². The van der Waals surface area contributed by atoms with Gasteiger partial charge in [-0.3, -0.25) is 9.10 Å². The summed E-state index contributed by atoms with van der Waals surface area (Å²) in [5.74, 6) is -1.88. The van der Waals surface area contributed by atoms with Gasteiger partial charge in [-0.05, 0) is 42.3 Å². The molecule has 162 valence electrons. The summed E-state index contributed by atoms with van der Waals surface area (Å²) in [5.41, 5.74) is 2.39. The van der Waals surface area contributed by atoms with Crippen LogP contribution < -0.4 is 4.74 Å². The molecule has 8 nitrogen and oxygen atoms in total. The van der Waals surface area contributed by atoms with Crippen LogP contribution in [-0.4, -0.2) is 53.7 Å². The molecule has 31 heavy (non-hydrogen) atoms. The summed E-state index contributed by atoms with van der Waals surface area (Å²) in [7, 11) is -2.05. The van der Waals surface area contributed by atoms with Gasteiger partial charge >= 0.3 is 5.97 Å². The maximum absolute atomic E-state index is 13.9. The third kappa shape index (κ3) is 3.86. The number of aromatic amines is 1. The lowest BCUT2D eigenvalue weighted by atomic mass is 9.91. The van der Waals surface area contributed by atoms with Gasteiger partial charge in [0.1, 0.15) is 17.2 Å². The molecule has 1 aliphatic heterocycles. The van der Waals surface area contributed by atoms with Gasteiger partial charge in [0, 0.05) is 41.2 Å². The van der Waals surface area contributed by atoms with Gasteiger partial charge in [0.05, 0.1) is 19.3 Å². The number of aromatic nitrogens is 2. The monoisotopic (exact) mass is 445 g/mol. The maximum Gasteiger partial charge on any atom is 0.311 e. The molecule has 0 spiro atoms. The molecular formula is C21H20FN3O5S. The number of H-pyrrole nitrogens is 1. The Kier molecular flexibility index (Phi) is 5.18. The zero-order valence-electron chi connectivity index (χ0n) is 16.8. The number of halogens is 1. The standard InChI is InChI=1S/C21H20FN3O5S/c1-30-19-4-3-12(22)9-15(19)13-5-7-23-20-16(13)10-18(24-20)17-11-25(31(2,28)29)8-6-14(17)21(26)27/h3-5,7,9-11,14H,6,8H2,1-2H3,(H,23,24)(H,26,27). The van der Waals surface area contributed by atoms with Gasteiger partial charge in [-0.2, -0.15) is 0 Å². The normalized spacial score (nSPS) is 16.9. The highest BCUT2D eigenvalue weighted by molar-refractivity contribution is 7.88. The van der Waals surface area contributed by atoms with Gasteiger partial charge < -0.3 is 14.8 Å². The predicted octanol–water partition coefficient (Wildman–Crippen LogP) is 3.08. The molecule has 1 aliphatic rings. The number of hydrogen-bond acceptors (Lipinski definition) is 5. The van der Waals surface area contributed by atoms with E-state index in [1.165, 1.54) is 31.5 Å². The molecule has 1 aromatic carbocycles. The van der Waals surface area contributed by atoms with Gasteiger partial charge in [0.25, 0.3) is 0 Å². The van der Waals surface area contributed by atoms with Crippen molar-refractivity contribution in [3.8, 4) is 16.9 Å². The molecule has 0 bridgehead atoms. The number of fused-ring (bicyclic) bond motifs is 1. The predicted molar refractivity (Wildman–Crippen MR) is 113 cm³/mol. The van der Waals surface area contributed by atoms with Crippen LogP contribution in [0.3, 0.4) is 0 Å². The Hall–Kier alpha value is -3.40. The van der Waals surface area contributed by atoms with Crippen molar-refractivity contribution in [1.82, 2.24) is 14.3 Å². The van der Waals surface area contributed by atoms with Crippen LogP contribution in [0.25, 0.3) is 27.7 Å². The summed E-state index contributed by atoms with van der Waals surface area (Å²) in [6.07, 6.45) is 4.12. The number of rotatable bonds is 5. The fourth-order valence-electron chi connectivity index (χ4n) is 3.80. The summed E-state index contributed by atoms with van der Waals surface area (Å²) >= 11 is 0. The first kappa shape index (κ1) is 20.9. The van der Waals surface area contributed by atoms with E-state index in [1.54, 1.807) is 18.3 Å². The highest BCUT2D eigenvalue weighted by atomic mass is 32.2. The topological polar surface area (TPSA) is 113 Å². The molecule has 2 N–H and O–H groups in total. The molecule has 0 saturated carbocycles. The Morgan fingerprint density at radius 2 is 2.06 bits per heavy atom. The zero-order valence-corrected chi connectivity index (χ0v) is 17.6. The fourth-order valence-corrected chi connectivity index (χ4v) is 4.55. The molecule has 0 radical (unpaired) electrons. The lowest BCUT2D eigenvalue weighted by molar-refractivity contribution is -0.140. The van der Waals surface area contributed by atoms with E-state index in [-0.39, 0.29) is 13.0 Å². The number of methoxy groups -OCH3 is 1. The van der Waals surface area contributed by atoms with Gasteiger partial charge in [-0.1, -0.05) is 0 Å². The van der Waals surface area contributed by atoms with Crippen molar-refractivity contribution in [3.63, 3.8) is 0 Å². The molecule has 4 rings (SSSR count). The van der Waals surface area contributed by atoms with E-state index >= 15 is 0 Å². The molecular weight excluding hydrogens is 425 g/mol. The van der Waals surface area contributed by atoms with Crippen molar-refractivity contribution in [3.05, 3.63) is 54.2 Å². The molecule has 0 amide bonds. The number of carboxylic acids is 1. The van der Waals surface area contributed by atoms with E-state index in [1.807, 2.05) is 0 Å². The second kappa shape index (κ2) is 7.69. The van der Waals surface area contributed by atoms with E-state index in [2.05, 4.69) is 9.97 Å². The van der Waals surface area contributed by atoms with Crippen molar-refractivity contribution in [2.24, 2.45) is 5.92 Å². The van der Waals surface area contributed by atoms with Crippen LogP contribution in [0, 0.1) is 11.7 Å². The van der Waals surface area contributed by atoms with Gasteiger partial charge in [0.15, 0.2) is 0 Å². The van der Waals surface area contributed by atoms with Crippen LogP contribution in [0.4, 0.5) is 4.39 Å². The Labute approximate surface area is 178 Å². The highest BCUT2D eigenvalue weighted by Crippen LogP contribution is 2.38. The van der Waals surface area contributed by atoms with Gasteiger partial charge in [-0.25, -0.2) is 17.8 Å². The Morgan fingerprint density at radius 1 is 1.29 bits per heavy atom. The quantitative estimate of drug-likeness (QED) is 0.624. The van der Waals surface area contributed by atoms with Crippen LogP contribution in [-0.2, 0) is 14.8 Å². The third-order valence-electron chi connectivity index (χ3n) is 5.32. The second-order valence-corrected chi connectivity index (χ2v) is 9.22. The van der Waals surface area contributed by atoms with Crippen molar-refractivity contribution in [1.29, 1.82) is 0 Å². The summed E-state index contributed by atoms with van der Waals surface area (Å²) in [5, 5.41) is 10.3. The number of ether oxygens (including phenoxy) is 1. The number of nitrogens with one attached hydrogen (secondary N) is 1. The van der Waals surface area contributed by atoms with Crippen LogP contribution in [0.2, 0.25) is 0 Å². The van der Waals surface area contributed by atoms with Crippen molar-refractivity contribution < 1.29 is 27.4 Å². The number of benzene rings is 1. The molecule has 0 fully saturated rings. The minimum atomic E-state index is -3.53. The van der Waals surface area contributed by atoms with E-state index in [0.29, 0.717) is 39.2 Å². The Bertz CT molecular complexity index is 1320. The van der Waals surface area contributed by atoms with E-state index in [9.17, 15) is 22.7 Å². The lowest BCUT2D eigenvalue weighted by Gasteiger charge is -2.28.